The van der Waals surface area contributed by atoms with Crippen molar-refractivity contribution >= 4 is 11.3 Å². The highest BCUT2D eigenvalue weighted by molar-refractivity contribution is 7.13. The maximum absolute atomic E-state index is 5.84. The van der Waals surface area contributed by atoms with Crippen molar-refractivity contribution < 1.29 is 14.0 Å². The van der Waals surface area contributed by atoms with E-state index in [1.807, 2.05) is 60.7 Å². The molecule has 0 spiro atoms. The van der Waals surface area contributed by atoms with Crippen molar-refractivity contribution in [2.24, 2.45) is 0 Å². The van der Waals surface area contributed by atoms with E-state index in [9.17, 15) is 0 Å². The van der Waals surface area contributed by atoms with Gasteiger partial charge in [0.15, 0.2) is 0 Å². The van der Waals surface area contributed by atoms with Gasteiger partial charge in [0, 0.05) is 24.1 Å². The second-order valence-electron chi connectivity index (χ2n) is 9.93. The molecule has 0 aliphatic heterocycles. The normalized spacial score (nSPS) is 10.8. The van der Waals surface area contributed by atoms with Gasteiger partial charge >= 0.3 is 0 Å². The van der Waals surface area contributed by atoms with Crippen LogP contribution in [0.3, 0.4) is 0 Å². The van der Waals surface area contributed by atoms with Crippen molar-refractivity contribution in [3.63, 3.8) is 0 Å². The second kappa shape index (κ2) is 13.8. The first-order valence-corrected chi connectivity index (χ1v) is 13.1. The Balaban J connectivity index is 1.48. The first-order chi connectivity index (χ1) is 17.3. The number of hydrogen-bond acceptors (Lipinski definition) is 4. The van der Waals surface area contributed by atoms with Crippen LogP contribution in [0.15, 0.2) is 60.7 Å². The van der Waals surface area contributed by atoms with E-state index < -0.39 is 0 Å². The summed E-state index contributed by atoms with van der Waals surface area (Å²) < 4.78 is 12.6. The van der Waals surface area contributed by atoms with Gasteiger partial charge in [-0.15, -0.1) is 11.3 Å². The van der Waals surface area contributed by atoms with Crippen molar-refractivity contribution in [1.29, 1.82) is 0 Å². The lowest BCUT2D eigenvalue weighted by molar-refractivity contribution is -0.870. The highest BCUT2D eigenvalue weighted by Crippen LogP contribution is 2.17. The van der Waals surface area contributed by atoms with Gasteiger partial charge in [0.25, 0.3) is 0 Å². The lowest BCUT2D eigenvalue weighted by Crippen LogP contribution is -2.35. The molecule has 5 heteroatoms. The number of rotatable bonds is 10. The molecule has 0 N–H and O–H groups in total. The van der Waals surface area contributed by atoms with Crippen LogP contribution in [0.5, 0.6) is 11.5 Å². The molecule has 0 aliphatic carbocycles. The molecule has 0 amide bonds. The minimum Gasteiger partial charge on any atom is -0.494 e. The Hall–Kier alpha value is -3.22. The smallest absolute Gasteiger partial charge is 0.119 e. The Morgan fingerprint density at radius 2 is 1.14 bits per heavy atom. The molecular weight excluding hydrogens is 464 g/mol. The summed E-state index contributed by atoms with van der Waals surface area (Å²) in [4.78, 5) is 4.16. The van der Waals surface area contributed by atoms with Gasteiger partial charge in [0.2, 0.25) is 0 Å². The van der Waals surface area contributed by atoms with Crippen molar-refractivity contribution in [3.8, 4) is 35.2 Å². The topological polar surface area (TPSA) is 21.7 Å². The highest BCUT2D eigenvalue weighted by atomic mass is 32.1. The maximum atomic E-state index is 5.84. The zero-order chi connectivity index (χ0) is 25.8. The summed E-state index contributed by atoms with van der Waals surface area (Å²) in [7, 11) is 10.7. The fourth-order valence-electron chi connectivity index (χ4n) is 3.31. The minimum atomic E-state index is 0.720. The van der Waals surface area contributed by atoms with Crippen LogP contribution in [0.25, 0.3) is 0 Å². The Bertz CT molecular complexity index is 1200. The fourth-order valence-corrected chi connectivity index (χ4v) is 4.02. The maximum Gasteiger partial charge on any atom is 0.119 e. The lowest BCUT2D eigenvalue weighted by atomic mass is 10.2. The molecule has 0 fully saturated rings. The van der Waals surface area contributed by atoms with Crippen LogP contribution in [0.4, 0.5) is 0 Å². The molecule has 0 bridgehead atoms. The third kappa shape index (κ3) is 10.6. The van der Waals surface area contributed by atoms with Crippen molar-refractivity contribution in [2.75, 3.05) is 61.5 Å². The number of ether oxygens (including phenoxy) is 2. The van der Waals surface area contributed by atoms with Crippen molar-refractivity contribution in [2.45, 2.75) is 12.8 Å². The van der Waals surface area contributed by atoms with Crippen molar-refractivity contribution in [3.05, 3.63) is 81.5 Å². The molecule has 0 saturated carbocycles. The van der Waals surface area contributed by atoms with Crippen LogP contribution in [0, 0.1) is 23.7 Å². The molecule has 3 rings (SSSR count). The van der Waals surface area contributed by atoms with Gasteiger partial charge in [-0.25, -0.2) is 0 Å². The van der Waals surface area contributed by atoms with E-state index >= 15 is 0 Å². The molecule has 4 nitrogen and oxygen atoms in total. The van der Waals surface area contributed by atoms with Crippen LogP contribution in [-0.4, -0.2) is 70.9 Å². The van der Waals surface area contributed by atoms with E-state index in [2.05, 4.69) is 63.8 Å². The van der Waals surface area contributed by atoms with Gasteiger partial charge in [-0.3, -0.25) is 0 Å². The Kier molecular flexibility index (Phi) is 10.5. The first-order valence-electron chi connectivity index (χ1n) is 12.3. The summed E-state index contributed by atoms with van der Waals surface area (Å²) in [6, 6.07) is 20.0. The third-order valence-corrected chi connectivity index (χ3v) is 6.15. The number of quaternary nitrogens is 1. The van der Waals surface area contributed by atoms with E-state index in [1.54, 1.807) is 11.3 Å². The molecular formula is C31H37N2O2S+. The second-order valence-corrected chi connectivity index (χ2v) is 11.0. The van der Waals surface area contributed by atoms with Gasteiger partial charge in [0.1, 0.15) is 11.5 Å². The van der Waals surface area contributed by atoms with Crippen LogP contribution in [0.1, 0.15) is 33.7 Å². The molecule has 36 heavy (non-hydrogen) atoms. The predicted molar refractivity (Wildman–Crippen MR) is 151 cm³/mol. The van der Waals surface area contributed by atoms with E-state index in [0.29, 0.717) is 0 Å². The molecule has 0 atom stereocenters. The molecule has 1 heterocycles. The van der Waals surface area contributed by atoms with Crippen LogP contribution in [0.2, 0.25) is 0 Å². The average Bonchev–Trinajstić information content (AvgIpc) is 3.30. The molecule has 3 aromatic rings. The Morgan fingerprint density at radius 3 is 1.58 bits per heavy atom. The van der Waals surface area contributed by atoms with Gasteiger partial charge in [-0.1, -0.05) is 23.7 Å². The van der Waals surface area contributed by atoms with E-state index in [4.69, 9.17) is 9.47 Å². The van der Waals surface area contributed by atoms with Gasteiger partial charge in [-0.05, 0) is 81.2 Å². The number of thiophene rings is 1. The summed E-state index contributed by atoms with van der Waals surface area (Å²) in [6.45, 7) is 3.57. The van der Waals surface area contributed by atoms with Gasteiger partial charge in [-0.2, -0.15) is 0 Å². The summed E-state index contributed by atoms with van der Waals surface area (Å²) >= 11 is 1.61. The first kappa shape index (κ1) is 27.4. The molecule has 0 saturated heterocycles. The predicted octanol–water partition coefficient (Wildman–Crippen LogP) is 5.35. The molecule has 0 unspecified atom stereocenters. The molecule has 2 aromatic carbocycles. The fraction of sp³-hybridized carbons (Fsp3) is 0.355. The van der Waals surface area contributed by atoms with Crippen LogP contribution in [-0.2, 0) is 0 Å². The quantitative estimate of drug-likeness (QED) is 0.212. The van der Waals surface area contributed by atoms with E-state index in [-0.39, 0.29) is 0 Å². The van der Waals surface area contributed by atoms with Crippen LogP contribution < -0.4 is 9.47 Å². The molecule has 0 aliphatic rings. The zero-order valence-corrected chi connectivity index (χ0v) is 23.0. The molecule has 188 valence electrons. The average molecular weight is 502 g/mol. The summed E-state index contributed by atoms with van der Waals surface area (Å²) in [5.74, 6) is 14.7. The number of hydrogen-bond donors (Lipinski definition) is 0. The highest BCUT2D eigenvalue weighted by Gasteiger charge is 2.06. The Morgan fingerprint density at radius 1 is 0.667 bits per heavy atom. The lowest BCUT2D eigenvalue weighted by Gasteiger charge is -2.23. The Labute approximate surface area is 221 Å². The van der Waals surface area contributed by atoms with E-state index in [0.717, 1.165) is 76.0 Å². The summed E-state index contributed by atoms with van der Waals surface area (Å²) in [6.07, 6.45) is 2.04. The van der Waals surface area contributed by atoms with Crippen LogP contribution >= 0.6 is 11.3 Å². The summed E-state index contributed by atoms with van der Waals surface area (Å²) in [5, 5.41) is 0. The van der Waals surface area contributed by atoms with Crippen molar-refractivity contribution in [1.82, 2.24) is 4.90 Å². The monoisotopic (exact) mass is 501 g/mol. The zero-order valence-electron chi connectivity index (χ0n) is 22.1. The summed E-state index contributed by atoms with van der Waals surface area (Å²) in [5.41, 5.74) is 1.94. The minimum absolute atomic E-state index is 0.720. The largest absolute Gasteiger partial charge is 0.494 e. The van der Waals surface area contributed by atoms with Gasteiger partial charge in [0.05, 0.1) is 50.7 Å². The SMILES string of the molecule is CN(C)CCCOc1ccc(C#Cc2ccc(C#Cc3ccc(OCCC[N+](C)(C)C)cc3)s2)cc1. The van der Waals surface area contributed by atoms with E-state index in [1.165, 1.54) is 0 Å². The number of nitrogens with zero attached hydrogens (tertiary/aromatic N) is 2. The molecule has 1 aromatic heterocycles. The standard InChI is InChI=1S/C31H37N2O2S/c1-32(2)22-6-24-34-28-14-8-26(9-15-28)12-18-30-20-21-31(36-30)19-13-27-10-16-29(17-11-27)35-25-7-23-33(3,4)5/h8-11,14-17,20-21H,6-7,22-25H2,1-5H3/q+1. The molecule has 0 radical (unpaired) electrons. The third-order valence-electron chi connectivity index (χ3n) is 5.24. The number of benzene rings is 2. The van der Waals surface area contributed by atoms with Gasteiger partial charge < -0.3 is 18.9 Å².